The first-order chi connectivity index (χ1) is 13.4. The van der Waals surface area contributed by atoms with E-state index in [4.69, 9.17) is 9.15 Å². The van der Waals surface area contributed by atoms with Gasteiger partial charge in [-0.1, -0.05) is 0 Å². The summed E-state index contributed by atoms with van der Waals surface area (Å²) in [4.78, 5) is 36.0. The van der Waals surface area contributed by atoms with E-state index in [1.54, 1.807) is 37.3 Å². The van der Waals surface area contributed by atoms with Crippen LogP contribution in [0.25, 0.3) is 11.0 Å². The van der Waals surface area contributed by atoms with Crippen LogP contribution in [0.4, 0.5) is 0 Å². The standard InChI is InChI=1S/C21H21NO5S/c1-12-16-4-5-18(26-14(3)23)13(2)20(16)27-21(25)17(12)10-19(24)22-8-6-15-7-9-28-11-15/h4-5,7,9,11H,6,8,10H2,1-3H3,(H,22,24). The molecule has 7 heteroatoms. The number of thiophene rings is 1. The molecule has 0 aliphatic carbocycles. The molecule has 3 rings (SSSR count). The van der Waals surface area contributed by atoms with Crippen molar-refractivity contribution in [1.82, 2.24) is 5.32 Å². The Balaban J connectivity index is 1.80. The van der Waals surface area contributed by atoms with E-state index >= 15 is 0 Å². The second-order valence-corrected chi connectivity index (χ2v) is 7.34. The minimum atomic E-state index is -0.555. The van der Waals surface area contributed by atoms with E-state index in [1.807, 2.05) is 16.8 Å². The summed E-state index contributed by atoms with van der Waals surface area (Å²) in [6.45, 7) is 5.33. The predicted molar refractivity (Wildman–Crippen MR) is 108 cm³/mol. The zero-order chi connectivity index (χ0) is 20.3. The van der Waals surface area contributed by atoms with Crippen LogP contribution in [0.3, 0.4) is 0 Å². The van der Waals surface area contributed by atoms with Crippen LogP contribution in [0.1, 0.15) is 29.2 Å². The van der Waals surface area contributed by atoms with Gasteiger partial charge in [-0.15, -0.1) is 0 Å². The highest BCUT2D eigenvalue weighted by molar-refractivity contribution is 7.07. The lowest BCUT2D eigenvalue weighted by Crippen LogP contribution is -2.29. The van der Waals surface area contributed by atoms with Gasteiger partial charge in [-0.25, -0.2) is 4.79 Å². The van der Waals surface area contributed by atoms with E-state index in [0.717, 1.165) is 6.42 Å². The molecule has 0 spiro atoms. The molecule has 1 aromatic carbocycles. The number of rotatable bonds is 6. The number of hydrogen-bond acceptors (Lipinski definition) is 6. The normalized spacial score (nSPS) is 10.8. The summed E-state index contributed by atoms with van der Waals surface area (Å²) in [5.74, 6) is -0.322. The molecule has 0 aliphatic rings. The molecule has 2 aromatic heterocycles. The van der Waals surface area contributed by atoms with Crippen LogP contribution >= 0.6 is 11.3 Å². The lowest BCUT2D eigenvalue weighted by Gasteiger charge is -2.12. The number of carbonyl (C=O) groups excluding carboxylic acids is 2. The SMILES string of the molecule is CC(=O)Oc1ccc2c(C)c(CC(=O)NCCc3ccsc3)c(=O)oc2c1C. The number of carbonyl (C=O) groups is 2. The van der Waals surface area contributed by atoms with E-state index < -0.39 is 11.6 Å². The number of nitrogens with one attached hydrogen (secondary N) is 1. The molecule has 0 saturated heterocycles. The molecule has 3 aromatic rings. The molecular formula is C21H21NO5S. The van der Waals surface area contributed by atoms with Gasteiger partial charge in [0.15, 0.2) is 0 Å². The van der Waals surface area contributed by atoms with Gasteiger partial charge in [-0.3, -0.25) is 9.59 Å². The lowest BCUT2D eigenvalue weighted by atomic mass is 10.0. The number of hydrogen-bond donors (Lipinski definition) is 1. The second-order valence-electron chi connectivity index (χ2n) is 6.56. The molecule has 1 amide bonds. The van der Waals surface area contributed by atoms with Crippen molar-refractivity contribution in [3.63, 3.8) is 0 Å². The Morgan fingerprint density at radius 3 is 2.64 bits per heavy atom. The van der Waals surface area contributed by atoms with Crippen LogP contribution in [0.5, 0.6) is 5.75 Å². The molecule has 0 bridgehead atoms. The van der Waals surface area contributed by atoms with E-state index in [9.17, 15) is 14.4 Å². The zero-order valence-electron chi connectivity index (χ0n) is 16.0. The Bertz CT molecular complexity index is 1080. The molecule has 0 aliphatic heterocycles. The van der Waals surface area contributed by atoms with Gasteiger partial charge >= 0.3 is 11.6 Å². The Morgan fingerprint density at radius 1 is 1.18 bits per heavy atom. The first kappa shape index (κ1) is 19.8. The predicted octanol–water partition coefficient (Wildman–Crippen LogP) is 3.30. The summed E-state index contributed by atoms with van der Waals surface area (Å²) < 4.78 is 10.6. The second kappa shape index (κ2) is 8.39. The van der Waals surface area contributed by atoms with Gasteiger partial charge in [0.25, 0.3) is 0 Å². The summed E-state index contributed by atoms with van der Waals surface area (Å²) in [6.07, 6.45) is 0.706. The van der Waals surface area contributed by atoms with Crippen LogP contribution in [0, 0.1) is 13.8 Å². The fourth-order valence-corrected chi connectivity index (χ4v) is 3.75. The monoisotopic (exact) mass is 399 g/mol. The zero-order valence-corrected chi connectivity index (χ0v) is 16.8. The van der Waals surface area contributed by atoms with E-state index in [0.29, 0.717) is 40.0 Å². The average Bonchev–Trinajstić information content (AvgIpc) is 3.14. The van der Waals surface area contributed by atoms with Crippen molar-refractivity contribution >= 4 is 34.2 Å². The molecule has 0 unspecified atom stereocenters. The first-order valence-electron chi connectivity index (χ1n) is 8.89. The maximum absolute atomic E-state index is 12.5. The number of aryl methyl sites for hydroxylation is 2. The highest BCUT2D eigenvalue weighted by atomic mass is 32.1. The van der Waals surface area contributed by atoms with Crippen LogP contribution < -0.4 is 15.7 Å². The highest BCUT2D eigenvalue weighted by Gasteiger charge is 2.18. The summed E-state index contributed by atoms with van der Waals surface area (Å²) in [7, 11) is 0. The van der Waals surface area contributed by atoms with Gasteiger partial charge in [-0.2, -0.15) is 11.3 Å². The van der Waals surface area contributed by atoms with Crippen LogP contribution in [0.2, 0.25) is 0 Å². The van der Waals surface area contributed by atoms with Crippen molar-refractivity contribution in [3.05, 3.63) is 61.6 Å². The first-order valence-corrected chi connectivity index (χ1v) is 9.83. The third-order valence-corrected chi connectivity index (χ3v) is 5.29. The van der Waals surface area contributed by atoms with E-state index in [2.05, 4.69) is 5.32 Å². The maximum Gasteiger partial charge on any atom is 0.340 e. The quantitative estimate of drug-likeness (QED) is 0.390. The van der Waals surface area contributed by atoms with Crippen molar-refractivity contribution in [2.24, 2.45) is 0 Å². The molecule has 28 heavy (non-hydrogen) atoms. The summed E-state index contributed by atoms with van der Waals surface area (Å²) in [5, 5.41) is 7.60. The fraction of sp³-hybridized carbons (Fsp3) is 0.286. The highest BCUT2D eigenvalue weighted by Crippen LogP contribution is 2.29. The smallest absolute Gasteiger partial charge is 0.340 e. The molecule has 146 valence electrons. The summed E-state index contributed by atoms with van der Waals surface area (Å²) in [5.41, 5.74) is 2.58. The van der Waals surface area contributed by atoms with Crippen molar-refractivity contribution in [1.29, 1.82) is 0 Å². The number of fused-ring (bicyclic) bond motifs is 1. The molecule has 0 fully saturated rings. The van der Waals surface area contributed by atoms with Crippen molar-refractivity contribution in [2.45, 2.75) is 33.6 Å². The van der Waals surface area contributed by atoms with Gasteiger partial charge in [0.2, 0.25) is 5.91 Å². The maximum atomic E-state index is 12.5. The van der Waals surface area contributed by atoms with Crippen molar-refractivity contribution in [2.75, 3.05) is 6.54 Å². The molecule has 0 saturated carbocycles. The van der Waals surface area contributed by atoms with Crippen LogP contribution in [-0.4, -0.2) is 18.4 Å². The number of benzene rings is 1. The van der Waals surface area contributed by atoms with Gasteiger partial charge in [0.05, 0.1) is 12.0 Å². The Morgan fingerprint density at radius 2 is 1.96 bits per heavy atom. The Kier molecular flexibility index (Phi) is 5.94. The molecule has 0 radical (unpaired) electrons. The third kappa shape index (κ3) is 4.31. The lowest BCUT2D eigenvalue weighted by molar-refractivity contribution is -0.132. The number of esters is 1. The van der Waals surface area contributed by atoms with Crippen molar-refractivity contribution < 1.29 is 18.7 Å². The topological polar surface area (TPSA) is 85.6 Å². The van der Waals surface area contributed by atoms with E-state index in [-0.39, 0.29) is 12.3 Å². The summed E-state index contributed by atoms with van der Waals surface area (Å²) >= 11 is 1.62. The van der Waals surface area contributed by atoms with Crippen molar-refractivity contribution in [3.8, 4) is 5.75 Å². The minimum absolute atomic E-state index is 0.0432. The van der Waals surface area contributed by atoms with E-state index in [1.165, 1.54) is 12.5 Å². The molecule has 2 heterocycles. The van der Waals surface area contributed by atoms with Gasteiger partial charge in [0.1, 0.15) is 11.3 Å². The number of ether oxygens (including phenoxy) is 1. The molecular weight excluding hydrogens is 378 g/mol. The molecule has 1 N–H and O–H groups in total. The summed E-state index contributed by atoms with van der Waals surface area (Å²) in [6, 6.07) is 5.42. The molecule has 6 nitrogen and oxygen atoms in total. The third-order valence-electron chi connectivity index (χ3n) is 4.56. The minimum Gasteiger partial charge on any atom is -0.426 e. The Hall–Kier alpha value is -2.93. The van der Waals surface area contributed by atoms with Crippen LogP contribution in [0.15, 0.2) is 38.2 Å². The fourth-order valence-electron chi connectivity index (χ4n) is 3.04. The van der Waals surface area contributed by atoms with Gasteiger partial charge < -0.3 is 14.5 Å². The Labute approximate surface area is 166 Å². The van der Waals surface area contributed by atoms with Gasteiger partial charge in [0, 0.05) is 24.4 Å². The molecule has 0 atom stereocenters. The number of amides is 1. The van der Waals surface area contributed by atoms with Gasteiger partial charge in [-0.05, 0) is 60.4 Å². The van der Waals surface area contributed by atoms with Crippen LogP contribution in [-0.2, 0) is 22.4 Å². The average molecular weight is 399 g/mol. The largest absolute Gasteiger partial charge is 0.426 e.